The minimum atomic E-state index is 0.623. The van der Waals surface area contributed by atoms with Crippen LogP contribution in [0.1, 0.15) is 43.7 Å². The van der Waals surface area contributed by atoms with Crippen molar-refractivity contribution in [3.8, 4) is 0 Å². The van der Waals surface area contributed by atoms with Gasteiger partial charge >= 0.3 is 0 Å². The van der Waals surface area contributed by atoms with E-state index < -0.39 is 0 Å². The van der Waals surface area contributed by atoms with E-state index in [9.17, 15) is 0 Å². The third kappa shape index (κ3) is 3.46. The second kappa shape index (κ2) is 5.88. The van der Waals surface area contributed by atoms with Crippen molar-refractivity contribution in [2.24, 2.45) is 5.92 Å². The summed E-state index contributed by atoms with van der Waals surface area (Å²) in [6, 6.07) is 6.96. The molecule has 0 heterocycles. The Morgan fingerprint density at radius 2 is 2.06 bits per heavy atom. The number of hydrogen-bond donors (Lipinski definition) is 1. The monoisotopic (exact) mass is 251 g/mol. The molecule has 1 aromatic rings. The van der Waals surface area contributed by atoms with Gasteiger partial charge in [0.15, 0.2) is 0 Å². The van der Waals surface area contributed by atoms with E-state index in [1.165, 1.54) is 31.2 Å². The van der Waals surface area contributed by atoms with Crippen molar-refractivity contribution in [3.63, 3.8) is 0 Å². The zero-order chi connectivity index (χ0) is 12.3. The summed E-state index contributed by atoms with van der Waals surface area (Å²) in [6.07, 6.45) is 5.60. The van der Waals surface area contributed by atoms with E-state index >= 15 is 0 Å². The third-order valence-electron chi connectivity index (χ3n) is 3.97. The first-order valence-electron chi connectivity index (χ1n) is 6.65. The van der Waals surface area contributed by atoms with Crippen molar-refractivity contribution in [1.82, 2.24) is 5.32 Å². The SMILES string of the molecule is Cc1ccc(CN[C@H](C)C2CCCC2)cc1Cl. The van der Waals surface area contributed by atoms with Crippen LogP contribution in [0.25, 0.3) is 0 Å². The number of hydrogen-bond acceptors (Lipinski definition) is 1. The molecule has 1 N–H and O–H groups in total. The lowest BCUT2D eigenvalue weighted by Crippen LogP contribution is -2.31. The summed E-state index contributed by atoms with van der Waals surface area (Å²) in [5.41, 5.74) is 2.43. The van der Waals surface area contributed by atoms with E-state index in [2.05, 4.69) is 30.4 Å². The molecule has 1 aliphatic carbocycles. The summed E-state index contributed by atoms with van der Waals surface area (Å²) < 4.78 is 0. The maximum atomic E-state index is 6.13. The molecule has 0 spiro atoms. The fourth-order valence-corrected chi connectivity index (χ4v) is 2.85. The molecule has 94 valence electrons. The lowest BCUT2D eigenvalue weighted by molar-refractivity contribution is 0.380. The molecule has 1 saturated carbocycles. The summed E-state index contributed by atoms with van der Waals surface area (Å²) in [5, 5.41) is 4.50. The maximum absolute atomic E-state index is 6.13. The summed E-state index contributed by atoms with van der Waals surface area (Å²) in [6.45, 7) is 5.28. The van der Waals surface area contributed by atoms with Crippen molar-refractivity contribution >= 4 is 11.6 Å². The number of aryl methyl sites for hydroxylation is 1. The molecule has 2 rings (SSSR count). The molecule has 1 aliphatic rings. The molecule has 0 radical (unpaired) electrons. The second-order valence-corrected chi connectivity index (χ2v) is 5.70. The van der Waals surface area contributed by atoms with E-state index in [1.54, 1.807) is 0 Å². The van der Waals surface area contributed by atoms with Crippen molar-refractivity contribution in [2.75, 3.05) is 0 Å². The zero-order valence-corrected chi connectivity index (χ0v) is 11.6. The van der Waals surface area contributed by atoms with Crippen LogP contribution in [0.3, 0.4) is 0 Å². The van der Waals surface area contributed by atoms with Gasteiger partial charge in [-0.15, -0.1) is 0 Å². The molecule has 0 amide bonds. The summed E-state index contributed by atoms with van der Waals surface area (Å²) in [5.74, 6) is 0.871. The first-order chi connectivity index (χ1) is 8.16. The van der Waals surface area contributed by atoms with Crippen LogP contribution < -0.4 is 5.32 Å². The van der Waals surface area contributed by atoms with Crippen LogP contribution in [0.5, 0.6) is 0 Å². The molecule has 1 atom stereocenters. The van der Waals surface area contributed by atoms with E-state index in [4.69, 9.17) is 11.6 Å². The van der Waals surface area contributed by atoms with Crippen LogP contribution in [-0.4, -0.2) is 6.04 Å². The Morgan fingerprint density at radius 1 is 1.35 bits per heavy atom. The van der Waals surface area contributed by atoms with Crippen molar-refractivity contribution in [1.29, 1.82) is 0 Å². The Hall–Kier alpha value is -0.530. The Labute approximate surface area is 110 Å². The van der Waals surface area contributed by atoms with Gasteiger partial charge in [0.1, 0.15) is 0 Å². The molecule has 0 unspecified atom stereocenters. The van der Waals surface area contributed by atoms with E-state index in [1.807, 2.05) is 6.92 Å². The predicted molar refractivity (Wildman–Crippen MR) is 74.4 cm³/mol. The minimum absolute atomic E-state index is 0.623. The second-order valence-electron chi connectivity index (χ2n) is 5.30. The van der Waals surface area contributed by atoms with Gasteiger partial charge in [-0.1, -0.05) is 36.6 Å². The highest BCUT2D eigenvalue weighted by molar-refractivity contribution is 6.31. The zero-order valence-electron chi connectivity index (χ0n) is 10.8. The minimum Gasteiger partial charge on any atom is -0.310 e. The Bertz CT molecular complexity index is 369. The van der Waals surface area contributed by atoms with Crippen LogP contribution in [-0.2, 0) is 6.54 Å². The fourth-order valence-electron chi connectivity index (χ4n) is 2.65. The molecule has 17 heavy (non-hydrogen) atoms. The Balaban J connectivity index is 1.86. The van der Waals surface area contributed by atoms with Crippen molar-refractivity contribution < 1.29 is 0 Å². The van der Waals surface area contributed by atoms with Crippen LogP contribution in [0.2, 0.25) is 5.02 Å². The van der Waals surface area contributed by atoms with E-state index in [-0.39, 0.29) is 0 Å². The molecule has 1 fully saturated rings. The number of benzene rings is 1. The highest BCUT2D eigenvalue weighted by Crippen LogP contribution is 2.27. The molecular formula is C15H22ClN. The molecule has 2 heteroatoms. The van der Waals surface area contributed by atoms with Crippen LogP contribution >= 0.6 is 11.6 Å². The Morgan fingerprint density at radius 3 is 2.71 bits per heavy atom. The third-order valence-corrected chi connectivity index (χ3v) is 4.38. The lowest BCUT2D eigenvalue weighted by Gasteiger charge is -2.20. The van der Waals surface area contributed by atoms with Gasteiger partial charge in [0.2, 0.25) is 0 Å². The maximum Gasteiger partial charge on any atom is 0.0438 e. The Kier molecular flexibility index (Phi) is 4.47. The van der Waals surface area contributed by atoms with Crippen LogP contribution in [0.15, 0.2) is 18.2 Å². The van der Waals surface area contributed by atoms with Crippen molar-refractivity contribution in [2.45, 2.75) is 52.1 Å². The number of nitrogens with one attached hydrogen (secondary N) is 1. The molecule has 1 nitrogen and oxygen atoms in total. The highest BCUT2D eigenvalue weighted by atomic mass is 35.5. The number of halogens is 1. The molecule has 0 saturated heterocycles. The van der Waals surface area contributed by atoms with E-state index in [0.717, 1.165) is 23.0 Å². The lowest BCUT2D eigenvalue weighted by atomic mass is 9.99. The summed E-state index contributed by atoms with van der Waals surface area (Å²) >= 11 is 6.13. The van der Waals surface area contributed by atoms with Gasteiger partial charge in [-0.2, -0.15) is 0 Å². The molecule has 0 aromatic heterocycles. The van der Waals surface area contributed by atoms with Gasteiger partial charge in [-0.05, 0) is 49.8 Å². The average Bonchev–Trinajstić information content (AvgIpc) is 2.84. The molecule has 1 aromatic carbocycles. The predicted octanol–water partition coefficient (Wildman–Crippen LogP) is 4.32. The smallest absolute Gasteiger partial charge is 0.0438 e. The van der Waals surface area contributed by atoms with Gasteiger partial charge in [-0.3, -0.25) is 0 Å². The van der Waals surface area contributed by atoms with Crippen molar-refractivity contribution in [3.05, 3.63) is 34.3 Å². The topological polar surface area (TPSA) is 12.0 Å². The van der Waals surface area contributed by atoms with E-state index in [0.29, 0.717) is 6.04 Å². The highest BCUT2D eigenvalue weighted by Gasteiger charge is 2.20. The van der Waals surface area contributed by atoms with Crippen LogP contribution in [0.4, 0.5) is 0 Å². The summed E-state index contributed by atoms with van der Waals surface area (Å²) in [4.78, 5) is 0. The number of rotatable bonds is 4. The van der Waals surface area contributed by atoms with Gasteiger partial charge in [-0.25, -0.2) is 0 Å². The van der Waals surface area contributed by atoms with Gasteiger partial charge in [0.25, 0.3) is 0 Å². The first-order valence-corrected chi connectivity index (χ1v) is 7.03. The van der Waals surface area contributed by atoms with Gasteiger partial charge in [0, 0.05) is 17.6 Å². The average molecular weight is 252 g/mol. The molecular weight excluding hydrogens is 230 g/mol. The standard InChI is InChI=1S/C15H22ClN/c1-11-7-8-13(9-15(11)16)10-17-12(2)14-5-3-4-6-14/h7-9,12,14,17H,3-6,10H2,1-2H3/t12-/m1/s1. The summed E-state index contributed by atoms with van der Waals surface area (Å²) in [7, 11) is 0. The van der Waals surface area contributed by atoms with Gasteiger partial charge < -0.3 is 5.32 Å². The van der Waals surface area contributed by atoms with Crippen LogP contribution in [0, 0.1) is 12.8 Å². The normalized spacial score (nSPS) is 18.5. The largest absolute Gasteiger partial charge is 0.310 e. The quantitative estimate of drug-likeness (QED) is 0.841. The molecule has 0 bridgehead atoms. The molecule has 0 aliphatic heterocycles. The van der Waals surface area contributed by atoms with Gasteiger partial charge in [0.05, 0.1) is 0 Å². The fraction of sp³-hybridized carbons (Fsp3) is 0.600. The first kappa shape index (κ1) is 12.9.